The zero-order valence-electron chi connectivity index (χ0n) is 17.8. The molecule has 0 aliphatic carbocycles. The summed E-state index contributed by atoms with van der Waals surface area (Å²) in [6.45, 7) is 3.31. The quantitative estimate of drug-likeness (QED) is 0.550. The number of aromatic nitrogens is 1. The highest BCUT2D eigenvalue weighted by Gasteiger charge is 2.31. The molecule has 0 N–H and O–H groups in total. The standard InChI is InChI=1S/C24H21F4N3O2/c1-16-5-10-21(23(33)31(16)20-4-2-3-17(15-20)24(26,27)28)22(32)30-13-11-29(12-14-30)19-8-6-18(25)7-9-19/h2-10,15H,11-14H2,1H3. The third-order valence-corrected chi connectivity index (χ3v) is 5.70. The summed E-state index contributed by atoms with van der Waals surface area (Å²) in [7, 11) is 0. The number of aryl methyl sites for hydroxylation is 1. The molecule has 1 aliphatic rings. The number of hydrogen-bond acceptors (Lipinski definition) is 3. The van der Waals surface area contributed by atoms with Gasteiger partial charge in [0.15, 0.2) is 0 Å². The van der Waals surface area contributed by atoms with E-state index in [0.717, 1.165) is 22.4 Å². The predicted molar refractivity (Wildman–Crippen MR) is 116 cm³/mol. The molecule has 4 rings (SSSR count). The number of hydrogen-bond donors (Lipinski definition) is 0. The van der Waals surface area contributed by atoms with Crippen LogP contribution in [-0.4, -0.2) is 41.6 Å². The van der Waals surface area contributed by atoms with E-state index in [-0.39, 0.29) is 17.1 Å². The first-order valence-electron chi connectivity index (χ1n) is 10.4. The van der Waals surface area contributed by atoms with Crippen LogP contribution in [0.2, 0.25) is 0 Å². The van der Waals surface area contributed by atoms with Gasteiger partial charge in [-0.1, -0.05) is 6.07 Å². The Morgan fingerprint density at radius 1 is 0.879 bits per heavy atom. The van der Waals surface area contributed by atoms with Gasteiger partial charge >= 0.3 is 6.18 Å². The van der Waals surface area contributed by atoms with E-state index in [4.69, 9.17) is 0 Å². The molecule has 2 aromatic carbocycles. The Labute approximate surface area is 187 Å². The number of carbonyl (C=O) groups excluding carboxylic acids is 1. The van der Waals surface area contributed by atoms with Gasteiger partial charge in [-0.05, 0) is 61.5 Å². The van der Waals surface area contributed by atoms with Gasteiger partial charge < -0.3 is 9.80 Å². The minimum atomic E-state index is -4.55. The Bertz CT molecular complexity index is 1230. The van der Waals surface area contributed by atoms with Gasteiger partial charge in [-0.2, -0.15) is 13.2 Å². The van der Waals surface area contributed by atoms with Crippen molar-refractivity contribution < 1.29 is 22.4 Å². The maximum absolute atomic E-state index is 13.2. The van der Waals surface area contributed by atoms with E-state index in [2.05, 4.69) is 0 Å². The van der Waals surface area contributed by atoms with Crippen LogP contribution in [0.1, 0.15) is 21.6 Å². The Hall–Kier alpha value is -3.62. The number of nitrogens with zero attached hydrogens (tertiary/aromatic N) is 3. The molecule has 0 spiro atoms. The van der Waals surface area contributed by atoms with Crippen LogP contribution >= 0.6 is 0 Å². The number of anilines is 1. The van der Waals surface area contributed by atoms with Crippen LogP contribution in [-0.2, 0) is 6.18 Å². The van der Waals surface area contributed by atoms with Gasteiger partial charge in [-0.3, -0.25) is 14.2 Å². The van der Waals surface area contributed by atoms with Crippen LogP contribution in [0.15, 0.2) is 65.5 Å². The lowest BCUT2D eigenvalue weighted by molar-refractivity contribution is -0.137. The second-order valence-electron chi connectivity index (χ2n) is 7.83. The Kier molecular flexibility index (Phi) is 5.97. The fraction of sp³-hybridized carbons (Fsp3) is 0.250. The predicted octanol–water partition coefficient (Wildman–Crippen LogP) is 4.27. The average Bonchev–Trinajstić information content (AvgIpc) is 2.79. The highest BCUT2D eigenvalue weighted by molar-refractivity contribution is 5.94. The maximum atomic E-state index is 13.2. The molecule has 1 aromatic heterocycles. The molecule has 172 valence electrons. The first-order chi connectivity index (χ1) is 15.6. The normalized spacial score (nSPS) is 14.5. The van der Waals surface area contributed by atoms with Crippen molar-refractivity contribution in [2.24, 2.45) is 0 Å². The summed E-state index contributed by atoms with van der Waals surface area (Å²) in [5, 5.41) is 0. The molecule has 1 fully saturated rings. The summed E-state index contributed by atoms with van der Waals surface area (Å²) < 4.78 is 53.7. The van der Waals surface area contributed by atoms with Gasteiger partial charge in [0, 0.05) is 43.2 Å². The lowest BCUT2D eigenvalue weighted by atomic mass is 10.1. The molecule has 0 atom stereocenters. The molecule has 0 radical (unpaired) electrons. The zero-order chi connectivity index (χ0) is 23.8. The van der Waals surface area contributed by atoms with E-state index in [1.807, 2.05) is 4.90 Å². The first-order valence-corrected chi connectivity index (χ1v) is 10.4. The van der Waals surface area contributed by atoms with Crippen LogP contribution in [0.25, 0.3) is 5.69 Å². The van der Waals surface area contributed by atoms with Gasteiger partial charge in [0.2, 0.25) is 0 Å². The van der Waals surface area contributed by atoms with Gasteiger partial charge in [0.05, 0.1) is 5.56 Å². The first kappa shape index (κ1) is 22.6. The average molecular weight is 459 g/mol. The van der Waals surface area contributed by atoms with Crippen LogP contribution in [0.5, 0.6) is 0 Å². The van der Waals surface area contributed by atoms with Gasteiger partial charge in [-0.15, -0.1) is 0 Å². The molecular weight excluding hydrogens is 438 g/mol. The van der Waals surface area contributed by atoms with Crippen molar-refractivity contribution in [3.63, 3.8) is 0 Å². The van der Waals surface area contributed by atoms with E-state index < -0.39 is 23.2 Å². The van der Waals surface area contributed by atoms with Gasteiger partial charge in [-0.25, -0.2) is 4.39 Å². The van der Waals surface area contributed by atoms with Gasteiger partial charge in [0.25, 0.3) is 11.5 Å². The monoisotopic (exact) mass is 459 g/mol. The number of amides is 1. The van der Waals surface area contributed by atoms with Crippen molar-refractivity contribution in [2.45, 2.75) is 13.1 Å². The van der Waals surface area contributed by atoms with Crippen LogP contribution in [0.3, 0.4) is 0 Å². The van der Waals surface area contributed by atoms with Crippen molar-refractivity contribution in [1.29, 1.82) is 0 Å². The third-order valence-electron chi connectivity index (χ3n) is 5.70. The van der Waals surface area contributed by atoms with Crippen molar-refractivity contribution in [1.82, 2.24) is 9.47 Å². The minimum Gasteiger partial charge on any atom is -0.368 e. The van der Waals surface area contributed by atoms with Crippen molar-refractivity contribution in [3.05, 3.63) is 93.7 Å². The van der Waals surface area contributed by atoms with E-state index in [1.165, 1.54) is 30.3 Å². The highest BCUT2D eigenvalue weighted by atomic mass is 19.4. The molecule has 0 bridgehead atoms. The van der Waals surface area contributed by atoms with Crippen molar-refractivity contribution in [2.75, 3.05) is 31.1 Å². The molecule has 9 heteroatoms. The number of benzene rings is 2. The van der Waals surface area contributed by atoms with Crippen molar-refractivity contribution >= 4 is 11.6 Å². The molecule has 33 heavy (non-hydrogen) atoms. The molecule has 1 aliphatic heterocycles. The summed E-state index contributed by atoms with van der Waals surface area (Å²) in [6, 6.07) is 13.5. The molecular formula is C24H21F4N3O2. The number of piperazine rings is 1. The van der Waals surface area contributed by atoms with Crippen LogP contribution < -0.4 is 10.5 Å². The lowest BCUT2D eigenvalue weighted by Gasteiger charge is -2.36. The summed E-state index contributed by atoms with van der Waals surface area (Å²) in [5.41, 5.74) is -0.348. The number of carbonyl (C=O) groups is 1. The van der Waals surface area contributed by atoms with Gasteiger partial charge in [0.1, 0.15) is 11.4 Å². The second-order valence-corrected chi connectivity index (χ2v) is 7.83. The number of alkyl halides is 3. The van der Waals surface area contributed by atoms with Crippen molar-refractivity contribution in [3.8, 4) is 5.69 Å². The van der Waals surface area contributed by atoms with Crippen LogP contribution in [0.4, 0.5) is 23.2 Å². The van der Waals surface area contributed by atoms with Crippen LogP contribution in [0, 0.1) is 12.7 Å². The third kappa shape index (κ3) is 4.62. The SMILES string of the molecule is Cc1ccc(C(=O)N2CCN(c3ccc(F)cc3)CC2)c(=O)n1-c1cccc(C(F)(F)F)c1. The minimum absolute atomic E-state index is 0.0445. The molecule has 5 nitrogen and oxygen atoms in total. The summed E-state index contributed by atoms with van der Waals surface area (Å²) in [6.07, 6.45) is -4.55. The fourth-order valence-electron chi connectivity index (χ4n) is 3.93. The lowest BCUT2D eigenvalue weighted by Crippen LogP contribution is -2.50. The van der Waals surface area contributed by atoms with E-state index >= 15 is 0 Å². The topological polar surface area (TPSA) is 45.6 Å². The number of pyridine rings is 1. The molecule has 3 aromatic rings. The van der Waals surface area contributed by atoms with E-state index in [9.17, 15) is 27.2 Å². The molecule has 1 amide bonds. The summed E-state index contributed by atoms with van der Waals surface area (Å²) >= 11 is 0. The largest absolute Gasteiger partial charge is 0.416 e. The Morgan fingerprint density at radius 2 is 1.55 bits per heavy atom. The Balaban J connectivity index is 1.58. The second kappa shape index (κ2) is 8.73. The summed E-state index contributed by atoms with van der Waals surface area (Å²) in [4.78, 5) is 29.8. The molecule has 0 saturated carbocycles. The number of halogens is 4. The summed E-state index contributed by atoms with van der Waals surface area (Å²) in [5.74, 6) is -0.802. The zero-order valence-corrected chi connectivity index (χ0v) is 17.8. The molecule has 1 saturated heterocycles. The fourth-order valence-corrected chi connectivity index (χ4v) is 3.93. The smallest absolute Gasteiger partial charge is 0.368 e. The van der Waals surface area contributed by atoms with E-state index in [0.29, 0.717) is 31.9 Å². The molecule has 0 unspecified atom stereocenters. The van der Waals surface area contributed by atoms with E-state index in [1.54, 1.807) is 30.0 Å². The Morgan fingerprint density at radius 3 is 2.18 bits per heavy atom. The number of rotatable bonds is 3. The maximum Gasteiger partial charge on any atom is 0.416 e. The highest BCUT2D eigenvalue weighted by Crippen LogP contribution is 2.30. The molecule has 2 heterocycles.